The number of amides is 2. The molecule has 1 aromatic heterocycles. The number of likely N-dealkylation sites (tertiary alicyclic amines) is 1. The van der Waals surface area contributed by atoms with Gasteiger partial charge in [-0.25, -0.2) is 4.98 Å². The molecule has 0 unspecified atom stereocenters. The highest BCUT2D eigenvalue weighted by atomic mass is 35.5. The van der Waals surface area contributed by atoms with Crippen molar-refractivity contribution < 1.29 is 14.3 Å². The number of aromatic nitrogens is 2. The van der Waals surface area contributed by atoms with E-state index in [0.29, 0.717) is 42.0 Å². The quantitative estimate of drug-likeness (QED) is 0.616. The first kappa shape index (κ1) is 21.8. The van der Waals surface area contributed by atoms with E-state index in [-0.39, 0.29) is 17.7 Å². The first-order chi connectivity index (χ1) is 15.4. The predicted octanol–water partition coefficient (Wildman–Crippen LogP) is 2.76. The van der Waals surface area contributed by atoms with Gasteiger partial charge in [-0.3, -0.25) is 14.4 Å². The number of benzene rings is 2. The Balaban J connectivity index is 1.33. The monoisotopic (exact) mass is 454 g/mol. The number of carbonyl (C=O) groups is 2. The molecule has 2 N–H and O–H groups in total. The molecule has 0 saturated carbocycles. The van der Waals surface area contributed by atoms with Gasteiger partial charge in [0, 0.05) is 31.0 Å². The van der Waals surface area contributed by atoms with Crippen LogP contribution in [0.15, 0.2) is 53.3 Å². The average Bonchev–Trinajstić information content (AvgIpc) is 2.80. The van der Waals surface area contributed by atoms with Gasteiger partial charge in [-0.05, 0) is 43.3 Å². The normalized spacial score (nSPS) is 15.4. The Labute approximate surface area is 189 Å². The summed E-state index contributed by atoms with van der Waals surface area (Å²) in [7, 11) is 0. The third-order valence-electron chi connectivity index (χ3n) is 5.40. The Morgan fingerprint density at radius 3 is 2.56 bits per heavy atom. The molecule has 1 aliphatic heterocycles. The standard InChI is InChI=1S/C23H23ClN4O4/c1-14(25-21(29)20-22(30)27-19-5-3-2-4-18(19)26-20)23(31)28-12-10-17(11-13-28)32-16-8-6-15(24)7-9-16/h2-9,14,17H,10-13H2,1H3,(H,25,29)(H,27,30)/t14-/m0/s1. The van der Waals surface area contributed by atoms with E-state index < -0.39 is 17.5 Å². The first-order valence-electron chi connectivity index (χ1n) is 10.4. The van der Waals surface area contributed by atoms with Crippen LogP contribution in [0.5, 0.6) is 5.75 Å². The molecule has 0 radical (unpaired) electrons. The smallest absolute Gasteiger partial charge is 0.280 e. The third-order valence-corrected chi connectivity index (χ3v) is 5.65. The number of hydrogen-bond acceptors (Lipinski definition) is 5. The fraction of sp³-hybridized carbons (Fsp3) is 0.304. The summed E-state index contributed by atoms with van der Waals surface area (Å²) in [4.78, 5) is 46.1. The molecule has 2 heterocycles. The molecule has 1 aliphatic rings. The summed E-state index contributed by atoms with van der Waals surface area (Å²) in [5, 5.41) is 3.25. The van der Waals surface area contributed by atoms with Gasteiger partial charge in [-0.2, -0.15) is 0 Å². The van der Waals surface area contributed by atoms with Gasteiger partial charge in [0.15, 0.2) is 5.69 Å². The molecular formula is C23H23ClN4O4. The van der Waals surface area contributed by atoms with Gasteiger partial charge in [-0.1, -0.05) is 23.7 Å². The van der Waals surface area contributed by atoms with Crippen molar-refractivity contribution in [3.8, 4) is 5.75 Å². The molecule has 32 heavy (non-hydrogen) atoms. The van der Waals surface area contributed by atoms with Crippen molar-refractivity contribution in [3.05, 3.63) is 69.6 Å². The minimum Gasteiger partial charge on any atom is -0.490 e. The molecule has 3 aromatic rings. The molecule has 1 atom stereocenters. The van der Waals surface area contributed by atoms with Gasteiger partial charge >= 0.3 is 0 Å². The second-order valence-corrected chi connectivity index (χ2v) is 8.16. The number of ether oxygens (including phenoxy) is 1. The summed E-state index contributed by atoms with van der Waals surface area (Å²) in [5.41, 5.74) is 0.181. The van der Waals surface area contributed by atoms with Crippen LogP contribution in [0.3, 0.4) is 0 Å². The number of nitrogens with one attached hydrogen (secondary N) is 2. The fourth-order valence-corrected chi connectivity index (χ4v) is 3.81. The highest BCUT2D eigenvalue weighted by molar-refractivity contribution is 6.30. The van der Waals surface area contributed by atoms with E-state index in [1.165, 1.54) is 0 Å². The van der Waals surface area contributed by atoms with E-state index in [1.54, 1.807) is 48.2 Å². The van der Waals surface area contributed by atoms with Crippen LogP contribution in [0.25, 0.3) is 11.0 Å². The van der Waals surface area contributed by atoms with Gasteiger partial charge in [0.1, 0.15) is 17.9 Å². The highest BCUT2D eigenvalue weighted by Gasteiger charge is 2.28. The molecule has 2 aromatic carbocycles. The lowest BCUT2D eigenvalue weighted by Gasteiger charge is -2.33. The average molecular weight is 455 g/mol. The number of aromatic amines is 1. The maximum atomic E-state index is 12.8. The fourth-order valence-electron chi connectivity index (χ4n) is 3.68. The van der Waals surface area contributed by atoms with Crippen LogP contribution in [0, 0.1) is 0 Å². The Hall–Kier alpha value is -3.39. The number of carbonyl (C=O) groups excluding carboxylic acids is 2. The minimum absolute atomic E-state index is 0.00508. The molecule has 166 valence electrons. The number of halogens is 1. The van der Waals surface area contributed by atoms with Gasteiger partial charge in [0.25, 0.3) is 11.5 Å². The van der Waals surface area contributed by atoms with Crippen LogP contribution in [-0.4, -0.2) is 51.9 Å². The van der Waals surface area contributed by atoms with Crippen LogP contribution in [-0.2, 0) is 4.79 Å². The largest absolute Gasteiger partial charge is 0.490 e. The number of rotatable bonds is 5. The Kier molecular flexibility index (Phi) is 6.41. The first-order valence-corrected chi connectivity index (χ1v) is 10.8. The van der Waals surface area contributed by atoms with Crippen molar-refractivity contribution in [3.63, 3.8) is 0 Å². The van der Waals surface area contributed by atoms with E-state index >= 15 is 0 Å². The summed E-state index contributed by atoms with van der Waals surface area (Å²) in [6.45, 7) is 2.64. The summed E-state index contributed by atoms with van der Waals surface area (Å²) < 4.78 is 5.96. The van der Waals surface area contributed by atoms with Crippen LogP contribution in [0.4, 0.5) is 0 Å². The van der Waals surface area contributed by atoms with E-state index in [2.05, 4.69) is 15.3 Å². The number of nitrogens with zero attached hydrogens (tertiary/aromatic N) is 2. The van der Waals surface area contributed by atoms with E-state index in [1.807, 2.05) is 12.1 Å². The molecule has 1 saturated heterocycles. The molecule has 0 aliphatic carbocycles. The summed E-state index contributed by atoms with van der Waals surface area (Å²) >= 11 is 5.89. The number of H-pyrrole nitrogens is 1. The second-order valence-electron chi connectivity index (χ2n) is 7.72. The van der Waals surface area contributed by atoms with Crippen LogP contribution >= 0.6 is 11.6 Å². The third kappa shape index (κ3) is 4.91. The Morgan fingerprint density at radius 2 is 1.84 bits per heavy atom. The molecule has 9 heteroatoms. The van der Waals surface area contributed by atoms with Crippen molar-refractivity contribution in [2.24, 2.45) is 0 Å². The molecule has 4 rings (SSSR count). The van der Waals surface area contributed by atoms with Crippen molar-refractivity contribution in [2.75, 3.05) is 13.1 Å². The van der Waals surface area contributed by atoms with Crippen LogP contribution in [0.2, 0.25) is 5.02 Å². The SMILES string of the molecule is C[C@H](NC(=O)c1nc2ccccc2[nH]c1=O)C(=O)N1CCC(Oc2ccc(Cl)cc2)CC1. The van der Waals surface area contributed by atoms with Gasteiger partial charge in [0.05, 0.1) is 11.0 Å². The maximum absolute atomic E-state index is 12.8. The van der Waals surface area contributed by atoms with Gasteiger partial charge < -0.3 is 19.9 Å². The van der Waals surface area contributed by atoms with Crippen molar-refractivity contribution in [1.82, 2.24) is 20.2 Å². The molecular weight excluding hydrogens is 432 g/mol. The summed E-state index contributed by atoms with van der Waals surface area (Å²) in [6.07, 6.45) is 1.37. The molecule has 0 bridgehead atoms. The molecule has 0 spiro atoms. The van der Waals surface area contributed by atoms with Gasteiger partial charge in [-0.15, -0.1) is 0 Å². The highest BCUT2D eigenvalue weighted by Crippen LogP contribution is 2.21. The van der Waals surface area contributed by atoms with E-state index in [4.69, 9.17) is 16.3 Å². The zero-order chi connectivity index (χ0) is 22.7. The Morgan fingerprint density at radius 1 is 1.16 bits per heavy atom. The van der Waals surface area contributed by atoms with Crippen molar-refractivity contribution in [1.29, 1.82) is 0 Å². The number of fused-ring (bicyclic) bond motifs is 1. The molecule has 1 fully saturated rings. The number of hydrogen-bond donors (Lipinski definition) is 2. The van der Waals surface area contributed by atoms with Crippen molar-refractivity contribution >= 4 is 34.4 Å². The molecule has 2 amide bonds. The maximum Gasteiger partial charge on any atom is 0.280 e. The second kappa shape index (κ2) is 9.40. The predicted molar refractivity (Wildman–Crippen MR) is 121 cm³/mol. The topological polar surface area (TPSA) is 104 Å². The summed E-state index contributed by atoms with van der Waals surface area (Å²) in [6, 6.07) is 13.3. The van der Waals surface area contributed by atoms with E-state index in [9.17, 15) is 14.4 Å². The van der Waals surface area contributed by atoms with Gasteiger partial charge in [0.2, 0.25) is 5.91 Å². The zero-order valence-corrected chi connectivity index (χ0v) is 18.3. The number of piperidine rings is 1. The van der Waals surface area contributed by atoms with E-state index in [0.717, 1.165) is 5.75 Å². The zero-order valence-electron chi connectivity index (χ0n) is 17.5. The number of para-hydroxylation sites is 2. The van der Waals surface area contributed by atoms with Crippen LogP contribution < -0.4 is 15.6 Å². The Bertz CT molecular complexity index is 1190. The lowest BCUT2D eigenvalue weighted by atomic mass is 10.1. The molecule has 8 nitrogen and oxygen atoms in total. The van der Waals surface area contributed by atoms with Crippen LogP contribution in [0.1, 0.15) is 30.3 Å². The summed E-state index contributed by atoms with van der Waals surface area (Å²) in [5.74, 6) is -0.146. The van der Waals surface area contributed by atoms with Crippen molar-refractivity contribution in [2.45, 2.75) is 31.9 Å². The minimum atomic E-state index is -0.788. The lowest BCUT2D eigenvalue weighted by Crippen LogP contribution is -2.51. The lowest BCUT2D eigenvalue weighted by molar-refractivity contribution is -0.134.